The minimum Gasteiger partial charge on any atom is -0.371 e. The maximum Gasteiger partial charge on any atom is 0.274 e. The molecule has 0 bridgehead atoms. The zero-order chi connectivity index (χ0) is 19.6. The van der Waals surface area contributed by atoms with Crippen LogP contribution in [0.3, 0.4) is 0 Å². The Kier molecular flexibility index (Phi) is 4.44. The first-order valence-electron chi connectivity index (χ1n) is 9.83. The molecule has 1 aliphatic rings. The highest BCUT2D eigenvalue weighted by Gasteiger charge is 2.15. The zero-order valence-electron chi connectivity index (χ0n) is 16.0. The molecule has 1 saturated heterocycles. The van der Waals surface area contributed by atoms with E-state index in [2.05, 4.69) is 20.2 Å². The van der Waals surface area contributed by atoms with Crippen LogP contribution in [0.1, 0.15) is 23.3 Å². The molecule has 1 N–H and O–H groups in total. The molecule has 6 nitrogen and oxygen atoms in total. The molecule has 29 heavy (non-hydrogen) atoms. The van der Waals surface area contributed by atoms with Crippen LogP contribution in [0.15, 0.2) is 73.2 Å². The second kappa shape index (κ2) is 7.39. The molecule has 4 aromatic rings. The predicted molar refractivity (Wildman–Crippen MR) is 115 cm³/mol. The first-order chi connectivity index (χ1) is 14.3. The van der Waals surface area contributed by atoms with Gasteiger partial charge in [-0.3, -0.25) is 14.3 Å². The maximum absolute atomic E-state index is 12.7. The third kappa shape index (κ3) is 3.45. The molecule has 1 amide bonds. The highest BCUT2D eigenvalue weighted by molar-refractivity contribution is 6.03. The Morgan fingerprint density at radius 1 is 0.897 bits per heavy atom. The molecule has 2 aromatic heterocycles. The molecule has 0 radical (unpaired) electrons. The number of carbonyl (C=O) groups excluding carboxylic acids is 1. The van der Waals surface area contributed by atoms with Gasteiger partial charge in [-0.1, -0.05) is 12.1 Å². The summed E-state index contributed by atoms with van der Waals surface area (Å²) in [5.41, 5.74) is 5.22. The largest absolute Gasteiger partial charge is 0.371 e. The first kappa shape index (κ1) is 17.4. The number of para-hydroxylation sites is 2. The summed E-state index contributed by atoms with van der Waals surface area (Å²) >= 11 is 0. The number of amides is 1. The van der Waals surface area contributed by atoms with E-state index in [9.17, 15) is 4.79 Å². The van der Waals surface area contributed by atoms with E-state index in [0.29, 0.717) is 5.69 Å². The van der Waals surface area contributed by atoms with Crippen LogP contribution in [0.5, 0.6) is 0 Å². The lowest BCUT2D eigenvalue weighted by molar-refractivity contribution is 0.102. The monoisotopic (exact) mass is 383 g/mol. The second-order valence-corrected chi connectivity index (χ2v) is 7.20. The molecular formula is C23H21N5O. The minimum absolute atomic E-state index is 0.202. The number of benzene rings is 2. The van der Waals surface area contributed by atoms with Crippen LogP contribution in [0, 0.1) is 0 Å². The molecule has 0 aliphatic carbocycles. The smallest absolute Gasteiger partial charge is 0.274 e. The van der Waals surface area contributed by atoms with Crippen LogP contribution in [0.25, 0.3) is 16.7 Å². The van der Waals surface area contributed by atoms with Gasteiger partial charge in [-0.05, 0) is 61.4 Å². The number of rotatable bonds is 4. The molecule has 0 atom stereocenters. The van der Waals surface area contributed by atoms with Gasteiger partial charge in [0.2, 0.25) is 0 Å². The average molecular weight is 383 g/mol. The SMILES string of the molecule is O=C(Nc1ccc(-n2cnc3ccccc32)cc1)c1cc(N2CCCC2)ccn1. The topological polar surface area (TPSA) is 63.1 Å². The summed E-state index contributed by atoms with van der Waals surface area (Å²) in [6.07, 6.45) is 5.91. The van der Waals surface area contributed by atoms with Crippen molar-refractivity contribution in [2.75, 3.05) is 23.3 Å². The number of nitrogens with zero attached hydrogens (tertiary/aromatic N) is 4. The molecule has 2 aromatic carbocycles. The van der Waals surface area contributed by atoms with E-state index in [1.807, 2.05) is 71.6 Å². The molecule has 0 spiro atoms. The Morgan fingerprint density at radius 3 is 2.52 bits per heavy atom. The fourth-order valence-corrected chi connectivity index (χ4v) is 3.78. The molecule has 0 saturated carbocycles. The molecule has 1 fully saturated rings. The van der Waals surface area contributed by atoms with E-state index in [1.54, 1.807) is 6.20 Å². The Hall–Kier alpha value is -3.67. The van der Waals surface area contributed by atoms with E-state index in [4.69, 9.17) is 0 Å². The fraction of sp³-hybridized carbons (Fsp3) is 0.174. The van der Waals surface area contributed by atoms with E-state index < -0.39 is 0 Å². The summed E-state index contributed by atoms with van der Waals surface area (Å²) in [4.78, 5) is 23.6. The molecule has 5 rings (SSSR count). The molecule has 144 valence electrons. The number of carbonyl (C=O) groups is 1. The Labute approximate surface area is 168 Å². The van der Waals surface area contributed by atoms with Crippen molar-refractivity contribution >= 4 is 28.3 Å². The summed E-state index contributed by atoms with van der Waals surface area (Å²) in [6, 6.07) is 19.6. The second-order valence-electron chi connectivity index (χ2n) is 7.20. The summed E-state index contributed by atoms with van der Waals surface area (Å²) < 4.78 is 2.03. The number of fused-ring (bicyclic) bond motifs is 1. The summed E-state index contributed by atoms with van der Waals surface area (Å²) in [7, 11) is 0. The normalized spacial score (nSPS) is 13.7. The van der Waals surface area contributed by atoms with Crippen molar-refractivity contribution in [3.05, 3.63) is 78.9 Å². The van der Waals surface area contributed by atoms with Crippen molar-refractivity contribution in [2.24, 2.45) is 0 Å². The van der Waals surface area contributed by atoms with E-state index in [0.717, 1.165) is 41.2 Å². The van der Waals surface area contributed by atoms with Gasteiger partial charge < -0.3 is 10.2 Å². The van der Waals surface area contributed by atoms with Crippen molar-refractivity contribution in [1.29, 1.82) is 0 Å². The lowest BCUT2D eigenvalue weighted by Crippen LogP contribution is -2.19. The van der Waals surface area contributed by atoms with Crippen molar-refractivity contribution in [3.8, 4) is 5.69 Å². The number of hydrogen-bond acceptors (Lipinski definition) is 4. The summed E-state index contributed by atoms with van der Waals surface area (Å²) in [5.74, 6) is -0.202. The van der Waals surface area contributed by atoms with Crippen LogP contribution in [0.4, 0.5) is 11.4 Å². The predicted octanol–water partition coefficient (Wildman–Crippen LogP) is 4.27. The molecular weight excluding hydrogens is 362 g/mol. The Morgan fingerprint density at radius 2 is 1.69 bits per heavy atom. The van der Waals surface area contributed by atoms with Crippen LogP contribution < -0.4 is 10.2 Å². The third-order valence-electron chi connectivity index (χ3n) is 5.30. The van der Waals surface area contributed by atoms with Crippen LogP contribution >= 0.6 is 0 Å². The molecule has 6 heteroatoms. The van der Waals surface area contributed by atoms with Gasteiger partial charge in [0.05, 0.1) is 11.0 Å². The van der Waals surface area contributed by atoms with Gasteiger partial charge in [-0.25, -0.2) is 4.98 Å². The van der Waals surface area contributed by atoms with Crippen LogP contribution in [-0.4, -0.2) is 33.5 Å². The number of anilines is 2. The minimum atomic E-state index is -0.202. The van der Waals surface area contributed by atoms with Crippen molar-refractivity contribution in [2.45, 2.75) is 12.8 Å². The third-order valence-corrected chi connectivity index (χ3v) is 5.30. The van der Waals surface area contributed by atoms with Gasteiger partial charge in [-0.15, -0.1) is 0 Å². The van der Waals surface area contributed by atoms with Gasteiger partial charge >= 0.3 is 0 Å². The van der Waals surface area contributed by atoms with Gasteiger partial charge in [0.1, 0.15) is 12.0 Å². The molecule has 1 aliphatic heterocycles. The highest BCUT2D eigenvalue weighted by atomic mass is 16.1. The van der Waals surface area contributed by atoms with Gasteiger partial charge in [0, 0.05) is 36.3 Å². The van der Waals surface area contributed by atoms with E-state index in [-0.39, 0.29) is 5.91 Å². The first-order valence-corrected chi connectivity index (χ1v) is 9.83. The van der Waals surface area contributed by atoms with Crippen molar-refractivity contribution in [1.82, 2.24) is 14.5 Å². The number of hydrogen-bond donors (Lipinski definition) is 1. The highest BCUT2D eigenvalue weighted by Crippen LogP contribution is 2.22. The number of nitrogens with one attached hydrogen (secondary N) is 1. The molecule has 3 heterocycles. The van der Waals surface area contributed by atoms with Crippen LogP contribution in [-0.2, 0) is 0 Å². The Bertz CT molecular complexity index is 1160. The van der Waals surface area contributed by atoms with E-state index >= 15 is 0 Å². The van der Waals surface area contributed by atoms with Gasteiger partial charge in [0.25, 0.3) is 5.91 Å². The number of aromatic nitrogens is 3. The number of imidazole rings is 1. The quantitative estimate of drug-likeness (QED) is 0.572. The lowest BCUT2D eigenvalue weighted by Gasteiger charge is -2.17. The maximum atomic E-state index is 12.7. The van der Waals surface area contributed by atoms with Crippen molar-refractivity contribution in [3.63, 3.8) is 0 Å². The zero-order valence-corrected chi connectivity index (χ0v) is 16.0. The summed E-state index contributed by atoms with van der Waals surface area (Å²) in [6.45, 7) is 2.07. The van der Waals surface area contributed by atoms with Crippen LogP contribution in [0.2, 0.25) is 0 Å². The standard InChI is InChI=1S/C23H21N5O/c29-23(21-15-19(11-12-24-21)27-13-3-4-14-27)26-17-7-9-18(10-8-17)28-16-25-20-5-1-2-6-22(20)28/h1-2,5-12,15-16H,3-4,13-14H2,(H,26,29). The average Bonchev–Trinajstić information content (AvgIpc) is 3.45. The molecule has 0 unspecified atom stereocenters. The van der Waals surface area contributed by atoms with Crippen molar-refractivity contribution < 1.29 is 4.79 Å². The van der Waals surface area contributed by atoms with Gasteiger partial charge in [0.15, 0.2) is 0 Å². The Balaban J connectivity index is 1.33. The lowest BCUT2D eigenvalue weighted by atomic mass is 10.2. The number of pyridine rings is 1. The summed E-state index contributed by atoms with van der Waals surface area (Å²) in [5, 5.41) is 2.94. The van der Waals surface area contributed by atoms with Gasteiger partial charge in [-0.2, -0.15) is 0 Å². The fourth-order valence-electron chi connectivity index (χ4n) is 3.78. The van der Waals surface area contributed by atoms with E-state index in [1.165, 1.54) is 12.8 Å².